The van der Waals surface area contributed by atoms with Crippen LogP contribution in [0.4, 0.5) is 0 Å². The average Bonchev–Trinajstić information content (AvgIpc) is 2.71. The van der Waals surface area contributed by atoms with Gasteiger partial charge >= 0.3 is 0 Å². The zero-order chi connectivity index (χ0) is 10.2. The van der Waals surface area contributed by atoms with Crippen LogP contribution in [0.2, 0.25) is 0 Å². The van der Waals surface area contributed by atoms with E-state index in [9.17, 15) is 0 Å². The molecule has 0 aromatic rings. The van der Waals surface area contributed by atoms with Crippen molar-refractivity contribution < 1.29 is 4.74 Å². The lowest BCUT2D eigenvalue weighted by Gasteiger charge is -2.20. The van der Waals surface area contributed by atoms with E-state index in [2.05, 4.69) is 6.92 Å². The molecule has 0 radical (unpaired) electrons. The summed E-state index contributed by atoms with van der Waals surface area (Å²) in [5.41, 5.74) is 0. The molecule has 0 aromatic carbocycles. The van der Waals surface area contributed by atoms with Gasteiger partial charge in [0.2, 0.25) is 0 Å². The number of ether oxygens (including phenoxy) is 1. The minimum atomic E-state index is 0.705. The Morgan fingerprint density at radius 2 is 2.00 bits per heavy atom. The Bertz CT molecular complexity index is 132. The molecule has 2 heteroatoms. The van der Waals surface area contributed by atoms with Gasteiger partial charge in [-0.15, -0.1) is 11.6 Å². The molecule has 1 atom stereocenters. The van der Waals surface area contributed by atoms with Crippen LogP contribution in [0.1, 0.15) is 45.4 Å². The first kappa shape index (κ1) is 12.3. The van der Waals surface area contributed by atoms with Gasteiger partial charge in [-0.3, -0.25) is 0 Å². The van der Waals surface area contributed by atoms with Gasteiger partial charge in [-0.1, -0.05) is 32.6 Å². The van der Waals surface area contributed by atoms with Crippen LogP contribution >= 0.6 is 11.6 Å². The highest BCUT2D eigenvalue weighted by atomic mass is 35.5. The van der Waals surface area contributed by atoms with Gasteiger partial charge in [0, 0.05) is 19.1 Å². The Morgan fingerprint density at radius 3 is 2.57 bits per heavy atom. The molecule has 1 fully saturated rings. The van der Waals surface area contributed by atoms with Crippen LogP contribution in [0.5, 0.6) is 0 Å². The fourth-order valence-electron chi connectivity index (χ4n) is 2.35. The first-order chi connectivity index (χ1) is 6.88. The molecule has 1 aliphatic rings. The standard InChI is InChI=1S/C12H23ClO/c1-2-8-14-9-7-12(10-13)11-5-3-4-6-11/h11-12H,2-10H2,1H3. The number of hydrogen-bond acceptors (Lipinski definition) is 1. The van der Waals surface area contributed by atoms with Gasteiger partial charge in [0.25, 0.3) is 0 Å². The van der Waals surface area contributed by atoms with E-state index in [1.807, 2.05) is 0 Å². The van der Waals surface area contributed by atoms with Crippen LogP contribution in [0.15, 0.2) is 0 Å². The monoisotopic (exact) mass is 218 g/mol. The van der Waals surface area contributed by atoms with Gasteiger partial charge in [0.1, 0.15) is 0 Å². The van der Waals surface area contributed by atoms with E-state index in [1.165, 1.54) is 25.7 Å². The van der Waals surface area contributed by atoms with Gasteiger partial charge in [-0.25, -0.2) is 0 Å². The molecular formula is C12H23ClO. The molecular weight excluding hydrogens is 196 g/mol. The molecule has 0 spiro atoms. The van der Waals surface area contributed by atoms with Crippen molar-refractivity contribution in [3.8, 4) is 0 Å². The van der Waals surface area contributed by atoms with Crippen molar-refractivity contribution >= 4 is 11.6 Å². The molecule has 14 heavy (non-hydrogen) atoms. The average molecular weight is 219 g/mol. The molecule has 1 nitrogen and oxygen atoms in total. The zero-order valence-electron chi connectivity index (χ0n) is 9.30. The smallest absolute Gasteiger partial charge is 0.0469 e. The highest BCUT2D eigenvalue weighted by molar-refractivity contribution is 6.18. The van der Waals surface area contributed by atoms with E-state index >= 15 is 0 Å². The quantitative estimate of drug-likeness (QED) is 0.466. The number of hydrogen-bond donors (Lipinski definition) is 0. The second kappa shape index (κ2) is 7.53. The van der Waals surface area contributed by atoms with E-state index in [1.54, 1.807) is 0 Å². The van der Waals surface area contributed by atoms with Gasteiger partial charge < -0.3 is 4.74 Å². The van der Waals surface area contributed by atoms with Crippen LogP contribution in [0.25, 0.3) is 0 Å². The van der Waals surface area contributed by atoms with Crippen molar-refractivity contribution in [1.82, 2.24) is 0 Å². The zero-order valence-corrected chi connectivity index (χ0v) is 10.1. The van der Waals surface area contributed by atoms with Gasteiger partial charge in [0.05, 0.1) is 0 Å². The van der Waals surface area contributed by atoms with Crippen molar-refractivity contribution in [2.24, 2.45) is 11.8 Å². The number of rotatable bonds is 7. The molecule has 0 amide bonds. The molecule has 1 unspecified atom stereocenters. The van der Waals surface area contributed by atoms with Crippen molar-refractivity contribution in [3.05, 3.63) is 0 Å². The summed E-state index contributed by atoms with van der Waals surface area (Å²) in [6.07, 6.45) is 7.89. The lowest BCUT2D eigenvalue weighted by molar-refractivity contribution is 0.114. The molecule has 1 rings (SSSR count). The maximum atomic E-state index is 6.00. The van der Waals surface area contributed by atoms with Crippen LogP contribution in [-0.4, -0.2) is 19.1 Å². The van der Waals surface area contributed by atoms with E-state index < -0.39 is 0 Å². The van der Waals surface area contributed by atoms with Gasteiger partial charge in [0.15, 0.2) is 0 Å². The Morgan fingerprint density at radius 1 is 1.29 bits per heavy atom. The molecule has 0 N–H and O–H groups in total. The summed E-state index contributed by atoms with van der Waals surface area (Å²) < 4.78 is 5.52. The van der Waals surface area contributed by atoms with E-state index in [0.717, 1.165) is 37.9 Å². The molecule has 0 saturated heterocycles. The summed E-state index contributed by atoms with van der Waals surface area (Å²) >= 11 is 6.00. The Hall–Kier alpha value is 0.250. The normalized spacial score (nSPS) is 20.1. The molecule has 0 heterocycles. The Balaban J connectivity index is 2.11. The summed E-state index contributed by atoms with van der Waals surface area (Å²) in [4.78, 5) is 0. The van der Waals surface area contributed by atoms with Gasteiger partial charge in [-0.2, -0.15) is 0 Å². The third-order valence-corrected chi connectivity index (χ3v) is 3.64. The van der Waals surface area contributed by atoms with E-state index in [4.69, 9.17) is 16.3 Å². The molecule has 0 aromatic heterocycles. The highest BCUT2D eigenvalue weighted by Crippen LogP contribution is 2.33. The third-order valence-electron chi connectivity index (χ3n) is 3.25. The topological polar surface area (TPSA) is 9.23 Å². The number of halogens is 1. The second-order valence-electron chi connectivity index (χ2n) is 4.36. The predicted molar refractivity (Wildman–Crippen MR) is 61.9 cm³/mol. The maximum absolute atomic E-state index is 6.00. The minimum Gasteiger partial charge on any atom is -0.381 e. The third kappa shape index (κ3) is 4.18. The van der Waals surface area contributed by atoms with Crippen molar-refractivity contribution in [3.63, 3.8) is 0 Å². The maximum Gasteiger partial charge on any atom is 0.0469 e. The molecule has 1 aliphatic carbocycles. The van der Waals surface area contributed by atoms with Crippen LogP contribution in [0, 0.1) is 11.8 Å². The number of alkyl halides is 1. The Labute approximate surface area is 93.2 Å². The lowest BCUT2D eigenvalue weighted by Crippen LogP contribution is -2.16. The molecule has 0 bridgehead atoms. The molecule has 0 aliphatic heterocycles. The largest absolute Gasteiger partial charge is 0.381 e. The minimum absolute atomic E-state index is 0.705. The first-order valence-electron chi connectivity index (χ1n) is 6.02. The van der Waals surface area contributed by atoms with Gasteiger partial charge in [-0.05, 0) is 24.7 Å². The van der Waals surface area contributed by atoms with Crippen LogP contribution in [-0.2, 0) is 4.74 Å². The fourth-order valence-corrected chi connectivity index (χ4v) is 2.76. The SMILES string of the molecule is CCCOCCC(CCl)C1CCCC1. The van der Waals surface area contributed by atoms with Crippen LogP contribution in [0.3, 0.4) is 0 Å². The summed E-state index contributed by atoms with van der Waals surface area (Å²) in [5, 5.41) is 0. The Kier molecular flexibility index (Phi) is 6.63. The van der Waals surface area contributed by atoms with Crippen LogP contribution < -0.4 is 0 Å². The summed E-state index contributed by atoms with van der Waals surface area (Å²) in [7, 11) is 0. The highest BCUT2D eigenvalue weighted by Gasteiger charge is 2.23. The van der Waals surface area contributed by atoms with Crippen molar-refractivity contribution in [2.45, 2.75) is 45.4 Å². The molecule has 1 saturated carbocycles. The molecule has 84 valence electrons. The summed E-state index contributed by atoms with van der Waals surface area (Å²) in [5.74, 6) is 2.41. The van der Waals surface area contributed by atoms with Crippen molar-refractivity contribution in [2.75, 3.05) is 19.1 Å². The predicted octanol–water partition coefficient (Wildman–Crippen LogP) is 3.85. The summed E-state index contributed by atoms with van der Waals surface area (Å²) in [6.45, 7) is 3.96. The first-order valence-corrected chi connectivity index (χ1v) is 6.55. The summed E-state index contributed by atoms with van der Waals surface area (Å²) in [6, 6.07) is 0. The second-order valence-corrected chi connectivity index (χ2v) is 4.67. The van der Waals surface area contributed by atoms with E-state index in [0.29, 0.717) is 5.92 Å². The van der Waals surface area contributed by atoms with Crippen molar-refractivity contribution in [1.29, 1.82) is 0 Å². The fraction of sp³-hybridized carbons (Fsp3) is 1.00. The van der Waals surface area contributed by atoms with E-state index in [-0.39, 0.29) is 0 Å². The lowest BCUT2D eigenvalue weighted by atomic mass is 9.90.